The number of fused-ring (bicyclic) bond motifs is 1. The molecule has 3 amide bonds. The van der Waals surface area contributed by atoms with Crippen molar-refractivity contribution < 1.29 is 14.3 Å². The second kappa shape index (κ2) is 9.54. The maximum Gasteiger partial charge on any atom is 0.321 e. The zero-order valence-corrected chi connectivity index (χ0v) is 18.0. The molecule has 0 atom stereocenters. The third-order valence-corrected chi connectivity index (χ3v) is 4.93. The van der Waals surface area contributed by atoms with Gasteiger partial charge in [-0.3, -0.25) is 4.79 Å². The lowest BCUT2D eigenvalue weighted by atomic mass is 10.2. The molecule has 0 saturated carbocycles. The smallest absolute Gasteiger partial charge is 0.321 e. The predicted octanol–water partition coefficient (Wildman–Crippen LogP) is 3.93. The molecule has 1 N–H and O–H groups in total. The number of anilines is 1. The van der Waals surface area contributed by atoms with Crippen LogP contribution in [0.5, 0.6) is 5.75 Å². The number of aromatic nitrogens is 1. The molecule has 0 aliphatic rings. The number of halogens is 1. The van der Waals surface area contributed by atoms with E-state index in [0.29, 0.717) is 29.6 Å². The Bertz CT molecular complexity index is 1030. The van der Waals surface area contributed by atoms with Gasteiger partial charge in [0.2, 0.25) is 5.91 Å². The van der Waals surface area contributed by atoms with E-state index in [1.807, 2.05) is 35.0 Å². The van der Waals surface area contributed by atoms with E-state index in [1.165, 1.54) is 0 Å². The molecular weight excluding hydrogens is 404 g/mol. The van der Waals surface area contributed by atoms with Gasteiger partial charge in [0.15, 0.2) is 0 Å². The van der Waals surface area contributed by atoms with E-state index >= 15 is 0 Å². The van der Waals surface area contributed by atoms with Crippen LogP contribution in [0.15, 0.2) is 54.7 Å². The molecule has 2 aromatic carbocycles. The van der Waals surface area contributed by atoms with Crippen molar-refractivity contribution in [3.05, 3.63) is 59.8 Å². The number of benzene rings is 2. The first-order valence-electron chi connectivity index (χ1n) is 9.53. The van der Waals surface area contributed by atoms with E-state index in [4.69, 9.17) is 16.3 Å². The quantitative estimate of drug-likeness (QED) is 0.620. The Morgan fingerprint density at radius 3 is 2.50 bits per heavy atom. The van der Waals surface area contributed by atoms with Crippen molar-refractivity contribution in [1.82, 2.24) is 14.4 Å². The molecule has 0 fully saturated rings. The molecule has 0 bridgehead atoms. The Morgan fingerprint density at radius 2 is 1.80 bits per heavy atom. The van der Waals surface area contributed by atoms with Crippen molar-refractivity contribution in [2.75, 3.05) is 39.6 Å². The fourth-order valence-corrected chi connectivity index (χ4v) is 2.98. The van der Waals surface area contributed by atoms with Gasteiger partial charge in [0.1, 0.15) is 18.9 Å². The normalized spacial score (nSPS) is 10.7. The van der Waals surface area contributed by atoms with Gasteiger partial charge in [0, 0.05) is 49.0 Å². The Hall–Kier alpha value is -3.19. The molecule has 0 unspecified atom stereocenters. The van der Waals surface area contributed by atoms with Gasteiger partial charge in [-0.15, -0.1) is 0 Å². The van der Waals surface area contributed by atoms with Gasteiger partial charge in [0.05, 0.1) is 6.54 Å². The molecule has 1 heterocycles. The minimum Gasteiger partial charge on any atom is -0.492 e. The van der Waals surface area contributed by atoms with Crippen molar-refractivity contribution >= 4 is 40.1 Å². The number of carbonyl (C=O) groups is 2. The van der Waals surface area contributed by atoms with Gasteiger partial charge in [-0.05, 0) is 48.5 Å². The molecule has 7 nitrogen and oxygen atoms in total. The van der Waals surface area contributed by atoms with Crippen LogP contribution in [-0.4, -0.2) is 60.6 Å². The molecule has 0 radical (unpaired) electrons. The summed E-state index contributed by atoms with van der Waals surface area (Å²) in [5.41, 5.74) is 1.63. The monoisotopic (exact) mass is 428 g/mol. The lowest BCUT2D eigenvalue weighted by Gasteiger charge is -2.18. The molecule has 30 heavy (non-hydrogen) atoms. The van der Waals surface area contributed by atoms with Gasteiger partial charge < -0.3 is 24.4 Å². The summed E-state index contributed by atoms with van der Waals surface area (Å²) in [5, 5.41) is 4.49. The minimum atomic E-state index is -0.226. The van der Waals surface area contributed by atoms with E-state index in [2.05, 4.69) is 5.32 Å². The molecular formula is C22H25ClN4O3. The zero-order valence-electron chi connectivity index (χ0n) is 17.3. The number of hydrogen-bond donors (Lipinski definition) is 1. The topological polar surface area (TPSA) is 66.8 Å². The molecule has 0 saturated heterocycles. The van der Waals surface area contributed by atoms with Crippen LogP contribution in [0.25, 0.3) is 10.9 Å². The van der Waals surface area contributed by atoms with Crippen LogP contribution in [0, 0.1) is 0 Å². The summed E-state index contributed by atoms with van der Waals surface area (Å²) in [7, 11) is 5.18. The first kappa shape index (κ1) is 21.5. The molecule has 0 aliphatic carbocycles. The van der Waals surface area contributed by atoms with Crippen LogP contribution in [0.1, 0.15) is 0 Å². The number of urea groups is 1. The molecule has 3 aromatic rings. The van der Waals surface area contributed by atoms with E-state index in [0.717, 1.165) is 10.9 Å². The highest BCUT2D eigenvalue weighted by Crippen LogP contribution is 2.21. The van der Waals surface area contributed by atoms with Gasteiger partial charge in [0.25, 0.3) is 0 Å². The van der Waals surface area contributed by atoms with Gasteiger partial charge in [-0.2, -0.15) is 0 Å². The van der Waals surface area contributed by atoms with Gasteiger partial charge in [-0.25, -0.2) is 4.79 Å². The molecule has 1 aromatic heterocycles. The van der Waals surface area contributed by atoms with E-state index in [1.54, 1.807) is 55.2 Å². The Balaban J connectivity index is 1.55. The SMILES string of the molecule is CN(C)C(=O)Cn1ccc2cc(NC(=O)N(C)CCOc3ccc(Cl)cc3)ccc21. The highest BCUT2D eigenvalue weighted by molar-refractivity contribution is 6.30. The number of hydrogen-bond acceptors (Lipinski definition) is 3. The van der Waals surface area contributed by atoms with E-state index in [9.17, 15) is 9.59 Å². The van der Waals surface area contributed by atoms with Crippen LogP contribution >= 0.6 is 11.6 Å². The van der Waals surface area contributed by atoms with Gasteiger partial charge >= 0.3 is 6.03 Å². The fraction of sp³-hybridized carbons (Fsp3) is 0.273. The van der Waals surface area contributed by atoms with Crippen LogP contribution in [-0.2, 0) is 11.3 Å². The summed E-state index contributed by atoms with van der Waals surface area (Å²) in [6.45, 7) is 1.08. The minimum absolute atomic E-state index is 0.0207. The number of likely N-dealkylation sites (N-methyl/N-ethyl adjacent to an activating group) is 2. The molecule has 0 spiro atoms. The number of nitrogens with zero attached hydrogens (tertiary/aromatic N) is 3. The van der Waals surface area contributed by atoms with Crippen LogP contribution in [0.4, 0.5) is 10.5 Å². The lowest BCUT2D eigenvalue weighted by Crippen LogP contribution is -2.34. The summed E-state index contributed by atoms with van der Waals surface area (Å²) in [5.74, 6) is 0.725. The predicted molar refractivity (Wildman–Crippen MR) is 119 cm³/mol. The number of ether oxygens (including phenoxy) is 1. The summed E-state index contributed by atoms with van der Waals surface area (Å²) < 4.78 is 7.52. The van der Waals surface area contributed by atoms with Crippen LogP contribution in [0.2, 0.25) is 5.02 Å². The maximum atomic E-state index is 12.4. The van der Waals surface area contributed by atoms with E-state index in [-0.39, 0.29) is 18.5 Å². The average molecular weight is 429 g/mol. The number of rotatable bonds is 7. The molecule has 8 heteroatoms. The standard InChI is InChI=1S/C22H25ClN4O3/c1-25(2)21(28)15-27-11-10-16-14-18(6-9-20(16)27)24-22(29)26(3)12-13-30-19-7-4-17(23)5-8-19/h4-11,14H,12-13,15H2,1-3H3,(H,24,29). The lowest BCUT2D eigenvalue weighted by molar-refractivity contribution is -0.129. The van der Waals surface area contributed by atoms with Crippen LogP contribution in [0.3, 0.4) is 0 Å². The van der Waals surface area contributed by atoms with Crippen molar-refractivity contribution in [3.8, 4) is 5.75 Å². The molecule has 158 valence electrons. The highest BCUT2D eigenvalue weighted by Gasteiger charge is 2.11. The Kier molecular flexibility index (Phi) is 6.84. The van der Waals surface area contributed by atoms with Crippen molar-refractivity contribution in [2.45, 2.75) is 6.54 Å². The number of carbonyl (C=O) groups excluding carboxylic acids is 2. The third-order valence-electron chi connectivity index (χ3n) is 4.68. The zero-order chi connectivity index (χ0) is 21.7. The summed E-state index contributed by atoms with van der Waals surface area (Å²) in [6.07, 6.45) is 1.87. The second-order valence-electron chi connectivity index (χ2n) is 7.16. The largest absolute Gasteiger partial charge is 0.492 e. The first-order valence-corrected chi connectivity index (χ1v) is 9.91. The maximum absolute atomic E-state index is 12.4. The summed E-state index contributed by atoms with van der Waals surface area (Å²) in [6, 6.07) is 14.4. The van der Waals surface area contributed by atoms with Gasteiger partial charge in [-0.1, -0.05) is 11.6 Å². The number of amides is 3. The van der Waals surface area contributed by atoms with Crippen molar-refractivity contribution in [3.63, 3.8) is 0 Å². The summed E-state index contributed by atoms with van der Waals surface area (Å²) >= 11 is 5.85. The average Bonchev–Trinajstić information content (AvgIpc) is 3.11. The fourth-order valence-electron chi connectivity index (χ4n) is 2.85. The Morgan fingerprint density at radius 1 is 1.07 bits per heavy atom. The Labute approximate surface area is 180 Å². The first-order chi connectivity index (χ1) is 14.3. The van der Waals surface area contributed by atoms with Crippen molar-refractivity contribution in [1.29, 1.82) is 0 Å². The second-order valence-corrected chi connectivity index (χ2v) is 7.60. The van der Waals surface area contributed by atoms with Crippen molar-refractivity contribution in [2.24, 2.45) is 0 Å². The molecule has 0 aliphatic heterocycles. The third kappa shape index (κ3) is 5.45. The van der Waals surface area contributed by atoms with E-state index < -0.39 is 0 Å². The summed E-state index contributed by atoms with van der Waals surface area (Å²) in [4.78, 5) is 27.5. The number of nitrogens with one attached hydrogen (secondary N) is 1. The highest BCUT2D eigenvalue weighted by atomic mass is 35.5. The van der Waals surface area contributed by atoms with Crippen LogP contribution < -0.4 is 10.1 Å². The molecule has 3 rings (SSSR count).